The molecule has 3 aromatic rings. The largest absolute Gasteiger partial charge is 0.0919 e. The molecule has 0 bridgehead atoms. The fourth-order valence-electron chi connectivity index (χ4n) is 2.47. The minimum atomic E-state index is 0.00382. The Labute approximate surface area is 132 Å². The Balaban J connectivity index is 2.23. The molecule has 108 valence electrons. The van der Waals surface area contributed by atoms with Gasteiger partial charge >= 0.3 is 0 Å². The van der Waals surface area contributed by atoms with Gasteiger partial charge in [0.2, 0.25) is 0 Å². The Morgan fingerprint density at radius 1 is 0.727 bits per heavy atom. The second kappa shape index (κ2) is 5.70. The van der Waals surface area contributed by atoms with Crippen molar-refractivity contribution in [3.8, 4) is 23.0 Å². The molecule has 0 aliphatic heterocycles. The van der Waals surface area contributed by atoms with Gasteiger partial charge < -0.3 is 0 Å². The highest BCUT2D eigenvalue weighted by Crippen LogP contribution is 2.27. The van der Waals surface area contributed by atoms with Crippen molar-refractivity contribution in [3.63, 3.8) is 0 Å². The van der Waals surface area contributed by atoms with Crippen molar-refractivity contribution in [2.24, 2.45) is 5.41 Å². The average Bonchev–Trinajstić information content (AvgIpc) is 2.52. The molecule has 0 N–H and O–H groups in total. The average molecular weight is 284 g/mol. The molecule has 0 aromatic heterocycles. The first-order valence-electron chi connectivity index (χ1n) is 7.64. The molecule has 0 nitrogen and oxygen atoms in total. The van der Waals surface area contributed by atoms with E-state index in [1.165, 1.54) is 21.9 Å². The molecule has 0 saturated carbocycles. The zero-order valence-corrected chi connectivity index (χ0v) is 13.4. The standard InChI is InChI=1S/C22H20/c1-22(2,3)14-13-19-16-20(17-9-5-4-6-10-17)15-18-11-7-8-12-21(18)19/h4-12,15-16H,1-3H3. The van der Waals surface area contributed by atoms with Crippen molar-refractivity contribution in [2.45, 2.75) is 20.8 Å². The highest BCUT2D eigenvalue weighted by Gasteiger charge is 2.06. The van der Waals surface area contributed by atoms with Crippen LogP contribution in [0, 0.1) is 17.3 Å². The number of fused-ring (bicyclic) bond motifs is 1. The Hall–Kier alpha value is -2.52. The van der Waals surface area contributed by atoms with Crippen LogP contribution >= 0.6 is 0 Å². The van der Waals surface area contributed by atoms with E-state index < -0.39 is 0 Å². The minimum Gasteiger partial charge on any atom is -0.0919 e. The molecule has 3 aromatic carbocycles. The number of rotatable bonds is 1. The van der Waals surface area contributed by atoms with Gasteiger partial charge in [0, 0.05) is 11.0 Å². The smallest absolute Gasteiger partial charge is 0.0330 e. The Morgan fingerprint density at radius 3 is 2.14 bits per heavy atom. The monoisotopic (exact) mass is 284 g/mol. The molecule has 0 heterocycles. The first-order chi connectivity index (χ1) is 10.5. The molecular formula is C22H20. The fourth-order valence-corrected chi connectivity index (χ4v) is 2.47. The number of benzene rings is 3. The number of hydrogen-bond acceptors (Lipinski definition) is 0. The molecule has 0 spiro atoms. The predicted molar refractivity (Wildman–Crippen MR) is 95.7 cm³/mol. The molecule has 0 saturated heterocycles. The van der Waals surface area contributed by atoms with Gasteiger partial charge in [-0.1, -0.05) is 66.4 Å². The first-order valence-corrected chi connectivity index (χ1v) is 7.64. The summed E-state index contributed by atoms with van der Waals surface area (Å²) in [7, 11) is 0. The molecule has 0 radical (unpaired) electrons. The van der Waals surface area contributed by atoms with Gasteiger partial charge in [-0.25, -0.2) is 0 Å². The lowest BCUT2D eigenvalue weighted by Gasteiger charge is -2.09. The summed E-state index contributed by atoms with van der Waals surface area (Å²) in [5.41, 5.74) is 3.56. The van der Waals surface area contributed by atoms with Gasteiger partial charge in [0.05, 0.1) is 0 Å². The lowest BCUT2D eigenvalue weighted by molar-refractivity contribution is 0.571. The third-order valence-corrected chi connectivity index (χ3v) is 3.54. The Bertz CT molecular complexity index is 853. The molecule has 22 heavy (non-hydrogen) atoms. The second-order valence-electron chi connectivity index (χ2n) is 6.61. The van der Waals surface area contributed by atoms with E-state index in [2.05, 4.69) is 93.3 Å². The van der Waals surface area contributed by atoms with E-state index >= 15 is 0 Å². The van der Waals surface area contributed by atoms with Crippen molar-refractivity contribution in [1.82, 2.24) is 0 Å². The maximum atomic E-state index is 3.39. The molecular weight excluding hydrogens is 264 g/mol. The normalized spacial score (nSPS) is 11.0. The van der Waals surface area contributed by atoms with Gasteiger partial charge in [0.15, 0.2) is 0 Å². The lowest BCUT2D eigenvalue weighted by Crippen LogP contribution is -1.99. The third kappa shape index (κ3) is 3.21. The minimum absolute atomic E-state index is 0.00382. The van der Waals surface area contributed by atoms with Crippen LogP contribution in [0.4, 0.5) is 0 Å². The first kappa shape index (κ1) is 14.4. The number of hydrogen-bond donors (Lipinski definition) is 0. The van der Waals surface area contributed by atoms with Gasteiger partial charge in [-0.3, -0.25) is 0 Å². The fraction of sp³-hybridized carbons (Fsp3) is 0.182. The van der Waals surface area contributed by atoms with Crippen LogP contribution in [0.2, 0.25) is 0 Å². The Morgan fingerprint density at radius 2 is 1.41 bits per heavy atom. The van der Waals surface area contributed by atoms with Gasteiger partial charge in [0.25, 0.3) is 0 Å². The second-order valence-corrected chi connectivity index (χ2v) is 6.61. The molecule has 0 atom stereocenters. The van der Waals surface area contributed by atoms with Crippen LogP contribution in [0.25, 0.3) is 21.9 Å². The molecule has 0 amide bonds. The summed E-state index contributed by atoms with van der Waals surface area (Å²) in [5.74, 6) is 6.75. The van der Waals surface area contributed by atoms with E-state index in [1.54, 1.807) is 0 Å². The third-order valence-electron chi connectivity index (χ3n) is 3.54. The van der Waals surface area contributed by atoms with Crippen LogP contribution in [0.15, 0.2) is 66.7 Å². The maximum absolute atomic E-state index is 3.39. The van der Waals surface area contributed by atoms with Crippen LogP contribution in [-0.4, -0.2) is 0 Å². The Kier molecular flexibility index (Phi) is 3.73. The van der Waals surface area contributed by atoms with Crippen LogP contribution in [0.5, 0.6) is 0 Å². The van der Waals surface area contributed by atoms with Crippen molar-refractivity contribution < 1.29 is 0 Å². The van der Waals surface area contributed by atoms with E-state index in [4.69, 9.17) is 0 Å². The van der Waals surface area contributed by atoms with Crippen molar-refractivity contribution >= 4 is 10.8 Å². The van der Waals surface area contributed by atoms with Crippen molar-refractivity contribution in [1.29, 1.82) is 0 Å². The van der Waals surface area contributed by atoms with Crippen molar-refractivity contribution in [3.05, 3.63) is 72.3 Å². The molecule has 0 unspecified atom stereocenters. The van der Waals surface area contributed by atoms with Gasteiger partial charge in [-0.05, 0) is 54.8 Å². The van der Waals surface area contributed by atoms with Crippen molar-refractivity contribution in [2.75, 3.05) is 0 Å². The predicted octanol–water partition coefficient (Wildman–Crippen LogP) is 5.90. The summed E-state index contributed by atoms with van der Waals surface area (Å²) in [6, 6.07) is 23.4. The zero-order valence-electron chi connectivity index (χ0n) is 13.4. The highest BCUT2D eigenvalue weighted by molar-refractivity contribution is 5.92. The summed E-state index contributed by atoms with van der Waals surface area (Å²) in [5, 5.41) is 2.46. The molecule has 0 aliphatic rings. The highest BCUT2D eigenvalue weighted by atomic mass is 14.1. The molecule has 3 rings (SSSR count). The summed E-state index contributed by atoms with van der Waals surface area (Å²) in [6.07, 6.45) is 0. The van der Waals surface area contributed by atoms with E-state index in [0.717, 1.165) is 5.56 Å². The quantitative estimate of drug-likeness (QED) is 0.488. The molecule has 0 heteroatoms. The van der Waals surface area contributed by atoms with E-state index in [9.17, 15) is 0 Å². The van der Waals surface area contributed by atoms with E-state index in [0.29, 0.717) is 0 Å². The maximum Gasteiger partial charge on any atom is 0.0330 e. The summed E-state index contributed by atoms with van der Waals surface area (Å²) in [6.45, 7) is 6.43. The van der Waals surface area contributed by atoms with E-state index in [1.807, 2.05) is 6.07 Å². The molecule has 0 aliphatic carbocycles. The van der Waals surface area contributed by atoms with Crippen LogP contribution in [-0.2, 0) is 0 Å². The van der Waals surface area contributed by atoms with Gasteiger partial charge in [0.1, 0.15) is 0 Å². The van der Waals surface area contributed by atoms with Gasteiger partial charge in [-0.2, -0.15) is 0 Å². The summed E-state index contributed by atoms with van der Waals surface area (Å²) >= 11 is 0. The van der Waals surface area contributed by atoms with Crippen LogP contribution in [0.3, 0.4) is 0 Å². The van der Waals surface area contributed by atoms with Crippen LogP contribution < -0.4 is 0 Å². The SMILES string of the molecule is CC(C)(C)C#Cc1cc(-c2ccccc2)cc2ccccc12. The van der Waals surface area contributed by atoms with Gasteiger partial charge in [-0.15, -0.1) is 0 Å². The topological polar surface area (TPSA) is 0 Å². The molecule has 0 fully saturated rings. The lowest BCUT2D eigenvalue weighted by atomic mass is 9.94. The summed E-state index contributed by atoms with van der Waals surface area (Å²) in [4.78, 5) is 0. The van der Waals surface area contributed by atoms with E-state index in [-0.39, 0.29) is 5.41 Å². The van der Waals surface area contributed by atoms with Crippen LogP contribution in [0.1, 0.15) is 26.3 Å². The zero-order chi connectivity index (χ0) is 15.6. The summed E-state index contributed by atoms with van der Waals surface area (Å²) < 4.78 is 0.